The first-order chi connectivity index (χ1) is 6.11. The molecule has 0 bridgehead atoms. The Bertz CT molecular complexity index is 320. The van der Waals surface area contributed by atoms with Crippen molar-refractivity contribution in [2.75, 3.05) is 14.2 Å². The first kappa shape index (κ1) is 9.51. The lowest BCUT2D eigenvalue weighted by Crippen LogP contribution is -2.00. The van der Waals surface area contributed by atoms with Gasteiger partial charge in [0.25, 0.3) is 0 Å². The molecule has 0 saturated carbocycles. The summed E-state index contributed by atoms with van der Waals surface area (Å²) in [5.74, 6) is -0.563. The molecule has 0 N–H and O–H groups in total. The minimum atomic E-state index is -0.387. The summed E-state index contributed by atoms with van der Waals surface area (Å²) in [6.45, 7) is 1.54. The zero-order valence-electron chi connectivity index (χ0n) is 7.71. The predicted octanol–water partition coefficient (Wildman–Crippen LogP) is 1.23. The van der Waals surface area contributed by atoms with Crippen molar-refractivity contribution < 1.29 is 19.7 Å². The van der Waals surface area contributed by atoms with Gasteiger partial charge in [-0.3, -0.25) is 5.11 Å². The number of rotatable bonds is 2. The van der Waals surface area contributed by atoms with E-state index in [0.717, 1.165) is 0 Å². The molecular weight excluding hydrogens is 172 g/mol. The molecule has 4 heteroatoms. The van der Waals surface area contributed by atoms with Crippen LogP contribution >= 0.6 is 0 Å². The quantitative estimate of drug-likeness (QED) is 0.691. The number of ether oxygens (including phenoxy) is 2. The molecule has 0 aliphatic rings. The zero-order chi connectivity index (χ0) is 10.0. The van der Waals surface area contributed by atoms with Crippen molar-refractivity contribution >= 4 is 0 Å². The van der Waals surface area contributed by atoms with Gasteiger partial charge in [-0.15, -0.1) is 0 Å². The molecule has 0 aliphatic heterocycles. The Labute approximate surface area is 76.3 Å². The number of hydrogen-bond donors (Lipinski definition) is 0. The highest BCUT2D eigenvalue weighted by Crippen LogP contribution is 2.41. The van der Waals surface area contributed by atoms with E-state index in [4.69, 9.17) is 9.47 Å². The van der Waals surface area contributed by atoms with Crippen LogP contribution in [0.1, 0.15) is 5.56 Å². The van der Waals surface area contributed by atoms with Crippen molar-refractivity contribution in [1.29, 1.82) is 0 Å². The normalized spacial score (nSPS) is 9.77. The van der Waals surface area contributed by atoms with Crippen LogP contribution in [0.15, 0.2) is 6.07 Å². The minimum absolute atomic E-state index is 0.0208. The standard InChI is InChI=1S/C9H11O4/c1-5-6(10)4-7(12-2)8(11)9(5)13-3/h4,11H,1-3H3/p-1. The van der Waals surface area contributed by atoms with Gasteiger partial charge in [-0.1, -0.05) is 0 Å². The Morgan fingerprint density at radius 3 is 2.38 bits per heavy atom. The Morgan fingerprint density at radius 2 is 1.92 bits per heavy atom. The molecule has 1 aromatic rings. The molecule has 0 fully saturated rings. The van der Waals surface area contributed by atoms with Crippen molar-refractivity contribution in [1.82, 2.24) is 0 Å². The molecule has 1 radical (unpaired) electrons. The first-order valence-electron chi connectivity index (χ1n) is 3.71. The fourth-order valence-electron chi connectivity index (χ4n) is 1.08. The second-order valence-corrected chi connectivity index (χ2v) is 2.56. The second kappa shape index (κ2) is 3.43. The van der Waals surface area contributed by atoms with E-state index in [0.29, 0.717) is 5.56 Å². The molecule has 0 aromatic heterocycles. The summed E-state index contributed by atoms with van der Waals surface area (Å²) in [5, 5.41) is 22.6. The SMILES string of the molecule is COc1cc([O])c(C)c(OC)c1[O-]. The molecule has 71 valence electrons. The lowest BCUT2D eigenvalue weighted by atomic mass is 10.1. The number of hydrogen-bond acceptors (Lipinski definition) is 3. The molecule has 13 heavy (non-hydrogen) atoms. The number of methoxy groups -OCH3 is 2. The highest BCUT2D eigenvalue weighted by molar-refractivity contribution is 5.59. The van der Waals surface area contributed by atoms with E-state index in [9.17, 15) is 10.2 Å². The Hall–Kier alpha value is -1.58. The molecule has 0 saturated heterocycles. The fourth-order valence-corrected chi connectivity index (χ4v) is 1.08. The molecule has 1 aromatic carbocycles. The van der Waals surface area contributed by atoms with Crippen LogP contribution in [0.2, 0.25) is 0 Å². The van der Waals surface area contributed by atoms with Gasteiger partial charge >= 0.3 is 0 Å². The van der Waals surface area contributed by atoms with Gasteiger partial charge in [0.2, 0.25) is 0 Å². The van der Waals surface area contributed by atoms with Crippen LogP contribution in [-0.2, 0) is 5.11 Å². The highest BCUT2D eigenvalue weighted by atomic mass is 16.5. The number of benzene rings is 1. The monoisotopic (exact) mass is 182 g/mol. The summed E-state index contributed by atoms with van der Waals surface area (Å²) in [7, 11) is 2.69. The van der Waals surface area contributed by atoms with Crippen molar-refractivity contribution in [3.05, 3.63) is 11.6 Å². The van der Waals surface area contributed by atoms with Crippen LogP contribution in [0.4, 0.5) is 0 Å². The van der Waals surface area contributed by atoms with Crippen molar-refractivity contribution in [2.45, 2.75) is 6.92 Å². The van der Waals surface area contributed by atoms with Gasteiger partial charge in [-0.25, -0.2) is 0 Å². The van der Waals surface area contributed by atoms with Crippen LogP contribution in [0.3, 0.4) is 0 Å². The van der Waals surface area contributed by atoms with E-state index >= 15 is 0 Å². The van der Waals surface area contributed by atoms with E-state index in [1.165, 1.54) is 20.3 Å². The molecule has 0 aliphatic carbocycles. The van der Waals surface area contributed by atoms with Gasteiger partial charge in [0.05, 0.1) is 14.2 Å². The summed E-state index contributed by atoms with van der Waals surface area (Å²) in [4.78, 5) is 0. The van der Waals surface area contributed by atoms with Crippen molar-refractivity contribution in [3.8, 4) is 23.0 Å². The van der Waals surface area contributed by atoms with E-state index in [-0.39, 0.29) is 23.0 Å². The van der Waals surface area contributed by atoms with Crippen molar-refractivity contribution in [2.24, 2.45) is 0 Å². The molecule has 4 nitrogen and oxygen atoms in total. The maximum absolute atomic E-state index is 11.4. The lowest BCUT2D eigenvalue weighted by molar-refractivity contribution is -0.271. The zero-order valence-corrected chi connectivity index (χ0v) is 7.71. The van der Waals surface area contributed by atoms with Gasteiger partial charge in [-0.05, 0) is 12.7 Å². The third kappa shape index (κ3) is 1.47. The van der Waals surface area contributed by atoms with E-state index in [2.05, 4.69) is 0 Å². The molecule has 0 heterocycles. The molecule has 0 amide bonds. The van der Waals surface area contributed by atoms with Crippen LogP contribution in [0, 0.1) is 6.92 Å². The minimum Gasteiger partial charge on any atom is -0.867 e. The van der Waals surface area contributed by atoms with Crippen LogP contribution in [-0.4, -0.2) is 14.2 Å². The lowest BCUT2D eigenvalue weighted by Gasteiger charge is -2.18. The largest absolute Gasteiger partial charge is 0.867 e. The molecule has 1 rings (SSSR count). The third-order valence-electron chi connectivity index (χ3n) is 1.83. The summed E-state index contributed by atoms with van der Waals surface area (Å²) < 4.78 is 9.54. The van der Waals surface area contributed by atoms with E-state index < -0.39 is 0 Å². The molecule has 0 atom stereocenters. The summed E-state index contributed by atoms with van der Waals surface area (Å²) in [5.41, 5.74) is 0.313. The van der Waals surface area contributed by atoms with Crippen molar-refractivity contribution in [3.63, 3.8) is 0 Å². The van der Waals surface area contributed by atoms with Gasteiger partial charge < -0.3 is 14.6 Å². The Morgan fingerprint density at radius 1 is 1.31 bits per heavy atom. The first-order valence-corrected chi connectivity index (χ1v) is 3.71. The van der Waals surface area contributed by atoms with Crippen LogP contribution in [0.5, 0.6) is 23.0 Å². The van der Waals surface area contributed by atoms with E-state index in [1.807, 2.05) is 0 Å². The maximum Gasteiger partial charge on any atom is 0.188 e. The average Bonchev–Trinajstić information content (AvgIpc) is 2.12. The highest BCUT2D eigenvalue weighted by Gasteiger charge is 2.10. The maximum atomic E-state index is 11.4. The molecular formula is C9H10O4-. The smallest absolute Gasteiger partial charge is 0.188 e. The van der Waals surface area contributed by atoms with E-state index in [1.54, 1.807) is 6.92 Å². The van der Waals surface area contributed by atoms with Crippen LogP contribution in [0.25, 0.3) is 0 Å². The Balaban J connectivity index is 3.39. The van der Waals surface area contributed by atoms with Crippen LogP contribution < -0.4 is 14.6 Å². The second-order valence-electron chi connectivity index (χ2n) is 2.56. The molecule has 0 unspecified atom stereocenters. The summed E-state index contributed by atoms with van der Waals surface area (Å²) in [6, 6.07) is 1.17. The fraction of sp³-hybridized carbons (Fsp3) is 0.333. The van der Waals surface area contributed by atoms with Gasteiger partial charge in [-0.2, -0.15) is 0 Å². The predicted molar refractivity (Wildman–Crippen MR) is 43.9 cm³/mol. The molecule has 0 spiro atoms. The summed E-state index contributed by atoms with van der Waals surface area (Å²) >= 11 is 0. The topological polar surface area (TPSA) is 61.4 Å². The van der Waals surface area contributed by atoms with Gasteiger partial charge in [0, 0.05) is 11.6 Å². The van der Waals surface area contributed by atoms with Gasteiger partial charge in [0.15, 0.2) is 5.75 Å². The van der Waals surface area contributed by atoms with Gasteiger partial charge in [0.1, 0.15) is 11.5 Å². The Kier molecular flexibility index (Phi) is 2.51. The average molecular weight is 182 g/mol. The third-order valence-corrected chi connectivity index (χ3v) is 1.83. The summed E-state index contributed by atoms with van der Waals surface area (Å²) in [6.07, 6.45) is 0.